The van der Waals surface area contributed by atoms with Gasteiger partial charge in [0.2, 0.25) is 0 Å². The first-order chi connectivity index (χ1) is 23.9. The minimum Gasteiger partial charge on any atom is -0.462 e. The van der Waals surface area contributed by atoms with Gasteiger partial charge < -0.3 is 24.2 Å². The van der Waals surface area contributed by atoms with E-state index in [2.05, 4.69) is 25.9 Å². The van der Waals surface area contributed by atoms with Crippen LogP contribution in [-0.4, -0.2) is 87.7 Å². The Morgan fingerprint density at radius 1 is 1.06 bits per heavy atom. The molecule has 49 heavy (non-hydrogen) atoms. The summed E-state index contributed by atoms with van der Waals surface area (Å²) in [5, 5.41) is 11.9. The lowest BCUT2D eigenvalue weighted by Gasteiger charge is -2.40. The Hall–Kier alpha value is -5.12. The zero-order valence-corrected chi connectivity index (χ0v) is 27.7. The monoisotopic (exact) mass is 680 g/mol. The maximum Gasteiger partial charge on any atom is 0.410 e. The van der Waals surface area contributed by atoms with E-state index in [0.29, 0.717) is 40.3 Å². The fourth-order valence-corrected chi connectivity index (χ4v) is 6.90. The number of carbonyl (C=O) groups is 1. The number of fused-ring (bicyclic) bond motifs is 2. The summed E-state index contributed by atoms with van der Waals surface area (Å²) in [6.07, 6.45) is 6.38. The average Bonchev–Trinajstić information content (AvgIpc) is 3.54. The number of likely N-dealkylation sites (tertiary alicyclic amines) is 1. The van der Waals surface area contributed by atoms with Crippen molar-refractivity contribution in [2.75, 3.05) is 44.7 Å². The minimum absolute atomic E-state index is 0.0365. The smallest absolute Gasteiger partial charge is 0.410 e. The Bertz CT molecular complexity index is 2040. The molecule has 3 aromatic heterocycles. The zero-order valence-electron chi connectivity index (χ0n) is 26.9. The molecule has 7 rings (SSSR count). The standard InChI is InChI=1S/C36H34ClFN8O3/c1-44-14-6-10-26(44)22-48-35-42-33-28(19-41-32(31(33)38)27-18-40-17-24-9-5-11-29(37)30(24)27)34(43-35)45-15-16-46(25(20-45)12-13-39)36(47)49-21-23-7-3-2-4-8-23/h2-5,7-9,11,17-19,25-26H,6,10,12,14-16,20-22H2,1H3/t25-,26-/m0/s1. The van der Waals surface area contributed by atoms with E-state index in [1.807, 2.05) is 54.4 Å². The molecular formula is C36H34ClFN8O3. The molecule has 250 valence electrons. The fraction of sp³-hybridized carbons (Fsp3) is 0.333. The van der Waals surface area contributed by atoms with Crippen LogP contribution in [0.4, 0.5) is 15.0 Å². The molecule has 11 nitrogen and oxygen atoms in total. The number of hydrogen-bond donors (Lipinski definition) is 0. The van der Waals surface area contributed by atoms with Gasteiger partial charge >= 0.3 is 12.1 Å². The Morgan fingerprint density at radius 2 is 1.92 bits per heavy atom. The van der Waals surface area contributed by atoms with E-state index in [1.54, 1.807) is 29.6 Å². The summed E-state index contributed by atoms with van der Waals surface area (Å²) < 4.78 is 28.5. The van der Waals surface area contributed by atoms with Gasteiger partial charge in [-0.2, -0.15) is 15.2 Å². The van der Waals surface area contributed by atoms with Crippen molar-refractivity contribution in [3.63, 3.8) is 0 Å². The van der Waals surface area contributed by atoms with Crippen LogP contribution in [0.3, 0.4) is 0 Å². The van der Waals surface area contributed by atoms with E-state index in [9.17, 15) is 10.1 Å². The van der Waals surface area contributed by atoms with Crippen LogP contribution in [-0.2, 0) is 11.3 Å². The van der Waals surface area contributed by atoms with E-state index < -0.39 is 18.0 Å². The molecule has 0 radical (unpaired) electrons. The SMILES string of the molecule is CN1CCC[C@H]1COc1nc(N2CCN(C(=O)OCc3ccccc3)[C@@H](CC#N)C2)c2cnc(-c3cncc4cccc(Cl)c34)c(F)c2n1. The Labute approximate surface area is 287 Å². The predicted molar refractivity (Wildman–Crippen MR) is 184 cm³/mol. The number of likely N-dealkylation sites (N-methyl/N-ethyl adjacent to an activating group) is 1. The topological polar surface area (TPSA) is 121 Å². The van der Waals surface area contributed by atoms with E-state index in [4.69, 9.17) is 26.1 Å². The van der Waals surface area contributed by atoms with Gasteiger partial charge in [0.15, 0.2) is 5.82 Å². The number of carbonyl (C=O) groups excluding carboxylic acids is 1. The highest BCUT2D eigenvalue weighted by atomic mass is 35.5. The number of halogens is 2. The largest absolute Gasteiger partial charge is 0.462 e. The number of ether oxygens (including phenoxy) is 2. The molecule has 2 aliphatic rings. The van der Waals surface area contributed by atoms with Crippen molar-refractivity contribution >= 4 is 45.2 Å². The van der Waals surface area contributed by atoms with Crippen LogP contribution in [0, 0.1) is 17.1 Å². The molecule has 0 unspecified atom stereocenters. The molecule has 0 spiro atoms. The molecule has 2 aliphatic heterocycles. The van der Waals surface area contributed by atoms with Gasteiger partial charge in [0.1, 0.15) is 30.2 Å². The van der Waals surface area contributed by atoms with Gasteiger partial charge in [-0.25, -0.2) is 9.18 Å². The van der Waals surface area contributed by atoms with Crippen LogP contribution in [0.25, 0.3) is 32.9 Å². The van der Waals surface area contributed by atoms with Gasteiger partial charge in [-0.05, 0) is 38.1 Å². The zero-order chi connectivity index (χ0) is 33.9. The molecule has 0 bridgehead atoms. The Kier molecular flexibility index (Phi) is 9.37. The number of hydrogen-bond acceptors (Lipinski definition) is 10. The molecule has 1 amide bonds. The molecule has 2 saturated heterocycles. The summed E-state index contributed by atoms with van der Waals surface area (Å²) in [5.41, 5.74) is 1.40. The van der Waals surface area contributed by atoms with E-state index >= 15 is 4.39 Å². The van der Waals surface area contributed by atoms with Crippen LogP contribution in [0.1, 0.15) is 24.8 Å². The second kappa shape index (κ2) is 14.2. The third-order valence-electron chi connectivity index (χ3n) is 9.26. The summed E-state index contributed by atoms with van der Waals surface area (Å²) in [5.74, 6) is -0.248. The van der Waals surface area contributed by atoms with Crippen molar-refractivity contribution in [2.24, 2.45) is 0 Å². The third-order valence-corrected chi connectivity index (χ3v) is 9.57. The number of nitrogens with zero attached hydrogens (tertiary/aromatic N) is 8. The first-order valence-electron chi connectivity index (χ1n) is 16.2. The van der Waals surface area contributed by atoms with Gasteiger partial charge in [0.05, 0.1) is 23.9 Å². The lowest BCUT2D eigenvalue weighted by atomic mass is 10.0. The van der Waals surface area contributed by atoms with Gasteiger partial charge in [-0.1, -0.05) is 54.1 Å². The van der Waals surface area contributed by atoms with Gasteiger partial charge in [-0.15, -0.1) is 0 Å². The molecule has 13 heteroatoms. The van der Waals surface area contributed by atoms with E-state index in [-0.39, 0.29) is 49.4 Å². The quantitative estimate of drug-likeness (QED) is 0.186. The summed E-state index contributed by atoms with van der Waals surface area (Å²) >= 11 is 6.58. The number of rotatable bonds is 8. The highest BCUT2D eigenvalue weighted by molar-refractivity contribution is 6.36. The summed E-state index contributed by atoms with van der Waals surface area (Å²) in [6, 6.07) is 16.8. The highest BCUT2D eigenvalue weighted by Gasteiger charge is 2.34. The molecule has 0 aliphatic carbocycles. The van der Waals surface area contributed by atoms with Crippen molar-refractivity contribution < 1.29 is 18.7 Å². The predicted octanol–water partition coefficient (Wildman–Crippen LogP) is 6.25. The van der Waals surface area contributed by atoms with Crippen molar-refractivity contribution in [2.45, 2.75) is 38.0 Å². The first kappa shape index (κ1) is 32.4. The molecule has 5 heterocycles. The molecule has 5 aromatic rings. The van der Waals surface area contributed by atoms with E-state index in [1.165, 1.54) is 0 Å². The lowest BCUT2D eigenvalue weighted by Crippen LogP contribution is -2.55. The van der Waals surface area contributed by atoms with Crippen LogP contribution >= 0.6 is 11.6 Å². The lowest BCUT2D eigenvalue weighted by molar-refractivity contribution is 0.0768. The van der Waals surface area contributed by atoms with Crippen molar-refractivity contribution in [1.29, 1.82) is 5.26 Å². The van der Waals surface area contributed by atoms with Crippen molar-refractivity contribution in [3.8, 4) is 23.3 Å². The summed E-state index contributed by atoms with van der Waals surface area (Å²) in [6.45, 7) is 2.33. The van der Waals surface area contributed by atoms with Crippen LogP contribution in [0.5, 0.6) is 6.01 Å². The average molecular weight is 681 g/mol. The first-order valence-corrected chi connectivity index (χ1v) is 16.6. The maximum atomic E-state index is 16.7. The molecule has 0 saturated carbocycles. The Morgan fingerprint density at radius 3 is 2.71 bits per heavy atom. The minimum atomic E-state index is -0.657. The number of nitriles is 1. The van der Waals surface area contributed by atoms with Crippen molar-refractivity contribution in [3.05, 3.63) is 83.5 Å². The Balaban J connectivity index is 1.24. The number of piperazine rings is 1. The summed E-state index contributed by atoms with van der Waals surface area (Å²) in [7, 11) is 2.05. The van der Waals surface area contributed by atoms with Gasteiger partial charge in [-0.3, -0.25) is 9.97 Å². The number of anilines is 1. The maximum absolute atomic E-state index is 16.7. The van der Waals surface area contributed by atoms with Gasteiger partial charge in [0, 0.05) is 65.6 Å². The third kappa shape index (κ3) is 6.64. The second-order valence-corrected chi connectivity index (χ2v) is 12.7. The number of pyridine rings is 2. The number of aromatic nitrogens is 4. The molecule has 2 fully saturated rings. The normalized spacial score (nSPS) is 18.2. The summed E-state index contributed by atoms with van der Waals surface area (Å²) in [4.78, 5) is 37.1. The van der Waals surface area contributed by atoms with E-state index in [0.717, 1.165) is 30.3 Å². The fourth-order valence-electron chi connectivity index (χ4n) is 6.61. The van der Waals surface area contributed by atoms with Crippen molar-refractivity contribution in [1.82, 2.24) is 29.7 Å². The molecule has 2 atom stereocenters. The molecule has 0 N–H and O–H groups in total. The number of amides is 1. The van der Waals surface area contributed by atoms with Crippen LogP contribution in [0.15, 0.2) is 67.1 Å². The molecule has 2 aromatic carbocycles. The molecular weight excluding hydrogens is 647 g/mol. The van der Waals surface area contributed by atoms with Crippen LogP contribution < -0.4 is 9.64 Å². The highest BCUT2D eigenvalue weighted by Crippen LogP contribution is 2.37. The second-order valence-electron chi connectivity index (χ2n) is 12.3. The van der Waals surface area contributed by atoms with Crippen LogP contribution in [0.2, 0.25) is 5.02 Å². The van der Waals surface area contributed by atoms with Gasteiger partial charge in [0.25, 0.3) is 0 Å². The number of benzene rings is 2.